The topological polar surface area (TPSA) is 55.0 Å². The van der Waals surface area contributed by atoms with Crippen molar-refractivity contribution >= 4 is 23.4 Å². The molecule has 0 radical (unpaired) electrons. The average molecular weight is 252 g/mol. The molecule has 1 aromatic rings. The molecule has 4 nitrogen and oxygen atoms in total. The average Bonchev–Trinajstić information content (AvgIpc) is 2.26. The quantitative estimate of drug-likeness (QED) is 0.646. The molecular weight excluding hydrogens is 232 g/mol. The third-order valence-corrected chi connectivity index (χ3v) is 3.64. The minimum atomic E-state index is 0.560. The first-order valence-corrected chi connectivity index (χ1v) is 7.24. The fourth-order valence-electron chi connectivity index (χ4n) is 2.53. The highest BCUT2D eigenvalue weighted by molar-refractivity contribution is 7.98. The van der Waals surface area contributed by atoms with Crippen LogP contribution in [0.4, 0.5) is 11.6 Å². The molecule has 94 valence electrons. The number of anilines is 2. The first kappa shape index (κ1) is 12.5. The van der Waals surface area contributed by atoms with Crippen LogP contribution in [0.5, 0.6) is 0 Å². The van der Waals surface area contributed by atoms with Crippen molar-refractivity contribution in [1.82, 2.24) is 9.97 Å². The zero-order valence-corrected chi connectivity index (χ0v) is 11.5. The summed E-state index contributed by atoms with van der Waals surface area (Å²) in [5.41, 5.74) is 5.82. The lowest BCUT2D eigenvalue weighted by molar-refractivity contribution is 0.355. The molecule has 2 unspecified atom stereocenters. The van der Waals surface area contributed by atoms with Crippen LogP contribution in [0.3, 0.4) is 0 Å². The van der Waals surface area contributed by atoms with Gasteiger partial charge in [-0.15, -0.1) is 0 Å². The fourth-order valence-corrected chi connectivity index (χ4v) is 2.92. The lowest BCUT2D eigenvalue weighted by atomic mass is 9.92. The first-order chi connectivity index (χ1) is 8.08. The van der Waals surface area contributed by atoms with Gasteiger partial charge in [-0.1, -0.05) is 25.6 Å². The molecular formula is C12H20N4S. The van der Waals surface area contributed by atoms with E-state index in [4.69, 9.17) is 5.73 Å². The van der Waals surface area contributed by atoms with Crippen molar-refractivity contribution < 1.29 is 0 Å². The maximum absolute atomic E-state index is 5.82. The Bertz CT molecular complexity index is 386. The van der Waals surface area contributed by atoms with Crippen LogP contribution in [0.15, 0.2) is 11.2 Å². The molecule has 2 heterocycles. The summed E-state index contributed by atoms with van der Waals surface area (Å²) in [6.07, 6.45) is 3.27. The predicted molar refractivity (Wildman–Crippen MR) is 73.4 cm³/mol. The van der Waals surface area contributed by atoms with Gasteiger partial charge in [0.1, 0.15) is 11.6 Å². The lowest BCUT2D eigenvalue weighted by Crippen LogP contribution is -2.39. The van der Waals surface area contributed by atoms with E-state index in [9.17, 15) is 0 Å². The van der Waals surface area contributed by atoms with Gasteiger partial charge in [-0.3, -0.25) is 0 Å². The van der Waals surface area contributed by atoms with Crippen LogP contribution < -0.4 is 10.6 Å². The van der Waals surface area contributed by atoms with Crippen molar-refractivity contribution in [2.45, 2.75) is 25.4 Å². The van der Waals surface area contributed by atoms with E-state index < -0.39 is 0 Å². The molecule has 2 N–H and O–H groups in total. The van der Waals surface area contributed by atoms with E-state index in [1.54, 1.807) is 0 Å². The van der Waals surface area contributed by atoms with Gasteiger partial charge in [-0.2, -0.15) is 0 Å². The molecule has 0 saturated carbocycles. The van der Waals surface area contributed by atoms with Gasteiger partial charge in [-0.25, -0.2) is 9.97 Å². The molecule has 1 fully saturated rings. The maximum atomic E-state index is 5.82. The van der Waals surface area contributed by atoms with E-state index in [1.807, 2.05) is 12.3 Å². The SMILES string of the molecule is CSc1nc(N)cc(N2CC(C)CC(C)C2)n1. The second-order valence-corrected chi connectivity index (χ2v) is 5.76. The summed E-state index contributed by atoms with van der Waals surface area (Å²) in [7, 11) is 0. The Kier molecular flexibility index (Phi) is 3.76. The Hall–Kier alpha value is -0.970. The zero-order chi connectivity index (χ0) is 12.4. The van der Waals surface area contributed by atoms with E-state index in [1.165, 1.54) is 18.2 Å². The van der Waals surface area contributed by atoms with Crippen LogP contribution in [-0.4, -0.2) is 29.3 Å². The number of thioether (sulfide) groups is 1. The fraction of sp³-hybridized carbons (Fsp3) is 0.667. The van der Waals surface area contributed by atoms with Crippen molar-refractivity contribution in [3.8, 4) is 0 Å². The van der Waals surface area contributed by atoms with Crippen LogP contribution in [0.25, 0.3) is 0 Å². The van der Waals surface area contributed by atoms with E-state index in [-0.39, 0.29) is 0 Å². The van der Waals surface area contributed by atoms with Gasteiger partial charge < -0.3 is 10.6 Å². The van der Waals surface area contributed by atoms with Crippen molar-refractivity contribution in [2.75, 3.05) is 30.0 Å². The predicted octanol–water partition coefficient (Wildman–Crippen LogP) is 2.26. The Morgan fingerprint density at radius 2 is 1.94 bits per heavy atom. The molecule has 1 saturated heterocycles. The van der Waals surface area contributed by atoms with Crippen LogP contribution in [0, 0.1) is 11.8 Å². The second-order valence-electron chi connectivity index (χ2n) is 4.99. The number of hydrogen-bond acceptors (Lipinski definition) is 5. The maximum Gasteiger partial charge on any atom is 0.191 e. The third kappa shape index (κ3) is 3.03. The van der Waals surface area contributed by atoms with E-state index in [0.717, 1.165) is 24.1 Å². The lowest BCUT2D eigenvalue weighted by Gasteiger charge is -2.35. The summed E-state index contributed by atoms with van der Waals surface area (Å²) in [6.45, 7) is 6.72. The van der Waals surface area contributed by atoms with Crippen LogP contribution in [0.1, 0.15) is 20.3 Å². The molecule has 1 aliphatic rings. The molecule has 0 aliphatic carbocycles. The number of nitrogen functional groups attached to an aromatic ring is 1. The Labute approximate surface area is 107 Å². The summed E-state index contributed by atoms with van der Waals surface area (Å²) < 4.78 is 0. The largest absolute Gasteiger partial charge is 0.383 e. The molecule has 0 bridgehead atoms. The molecule has 0 aromatic carbocycles. The second kappa shape index (κ2) is 5.12. The van der Waals surface area contributed by atoms with Gasteiger partial charge >= 0.3 is 0 Å². The highest BCUT2D eigenvalue weighted by Crippen LogP contribution is 2.26. The summed E-state index contributed by atoms with van der Waals surface area (Å²) >= 11 is 1.53. The summed E-state index contributed by atoms with van der Waals surface area (Å²) in [5, 5.41) is 0.755. The minimum absolute atomic E-state index is 0.560. The molecule has 2 rings (SSSR count). The summed E-state index contributed by atoms with van der Waals surface area (Å²) in [4.78, 5) is 11.1. The number of aromatic nitrogens is 2. The van der Waals surface area contributed by atoms with Gasteiger partial charge in [0.05, 0.1) is 0 Å². The first-order valence-electron chi connectivity index (χ1n) is 6.02. The van der Waals surface area contributed by atoms with Crippen LogP contribution >= 0.6 is 11.8 Å². The molecule has 1 aromatic heterocycles. The minimum Gasteiger partial charge on any atom is -0.383 e. The van der Waals surface area contributed by atoms with E-state index in [2.05, 4.69) is 28.7 Å². The zero-order valence-electron chi connectivity index (χ0n) is 10.7. The Morgan fingerprint density at radius 3 is 2.53 bits per heavy atom. The standard InChI is InChI=1S/C12H20N4S/c1-8-4-9(2)7-16(6-8)11-5-10(13)14-12(15-11)17-3/h5,8-9H,4,6-7H2,1-3H3,(H2,13,14,15). The number of nitrogens with zero attached hydrogens (tertiary/aromatic N) is 3. The smallest absolute Gasteiger partial charge is 0.191 e. The van der Waals surface area contributed by atoms with Crippen molar-refractivity contribution in [2.24, 2.45) is 11.8 Å². The molecule has 5 heteroatoms. The number of rotatable bonds is 2. The monoisotopic (exact) mass is 252 g/mol. The number of nitrogens with two attached hydrogens (primary N) is 1. The number of piperidine rings is 1. The van der Waals surface area contributed by atoms with Crippen molar-refractivity contribution in [1.29, 1.82) is 0 Å². The Balaban J connectivity index is 2.23. The van der Waals surface area contributed by atoms with Crippen molar-refractivity contribution in [3.05, 3.63) is 6.07 Å². The molecule has 2 atom stereocenters. The van der Waals surface area contributed by atoms with Gasteiger partial charge in [0.15, 0.2) is 5.16 Å². The Morgan fingerprint density at radius 1 is 1.29 bits per heavy atom. The highest BCUT2D eigenvalue weighted by Gasteiger charge is 2.23. The van der Waals surface area contributed by atoms with E-state index in [0.29, 0.717) is 17.7 Å². The summed E-state index contributed by atoms with van der Waals surface area (Å²) in [5.74, 6) is 2.96. The normalized spacial score (nSPS) is 25.0. The van der Waals surface area contributed by atoms with Gasteiger partial charge in [0.25, 0.3) is 0 Å². The van der Waals surface area contributed by atoms with Crippen molar-refractivity contribution in [3.63, 3.8) is 0 Å². The summed E-state index contributed by atoms with van der Waals surface area (Å²) in [6, 6.07) is 1.88. The van der Waals surface area contributed by atoms with Crippen LogP contribution in [-0.2, 0) is 0 Å². The van der Waals surface area contributed by atoms with Gasteiger partial charge in [-0.05, 0) is 24.5 Å². The molecule has 0 amide bonds. The van der Waals surface area contributed by atoms with Gasteiger partial charge in [0.2, 0.25) is 0 Å². The number of hydrogen-bond donors (Lipinski definition) is 1. The van der Waals surface area contributed by atoms with E-state index >= 15 is 0 Å². The highest BCUT2D eigenvalue weighted by atomic mass is 32.2. The van der Waals surface area contributed by atoms with Crippen LogP contribution in [0.2, 0.25) is 0 Å². The molecule has 0 spiro atoms. The third-order valence-electron chi connectivity index (χ3n) is 3.09. The molecule has 17 heavy (non-hydrogen) atoms. The molecule has 1 aliphatic heterocycles. The van der Waals surface area contributed by atoms with Gasteiger partial charge in [0, 0.05) is 19.2 Å².